The Balaban J connectivity index is 1.90. The Morgan fingerprint density at radius 3 is 2.89 bits per heavy atom. The molecule has 106 valence electrons. The van der Waals surface area contributed by atoms with Crippen LogP contribution in [-0.4, -0.2) is 56.7 Å². The lowest BCUT2D eigenvalue weighted by Crippen LogP contribution is -2.35. The van der Waals surface area contributed by atoms with Gasteiger partial charge in [-0.25, -0.2) is 9.78 Å². The molecule has 1 aliphatic rings. The van der Waals surface area contributed by atoms with Crippen LogP contribution in [0.4, 0.5) is 5.13 Å². The number of carbonyl (C=O) groups is 1. The van der Waals surface area contributed by atoms with Crippen molar-refractivity contribution in [3.63, 3.8) is 0 Å². The van der Waals surface area contributed by atoms with E-state index in [1.165, 1.54) is 44.4 Å². The van der Waals surface area contributed by atoms with Crippen molar-refractivity contribution < 1.29 is 9.53 Å². The molecule has 6 heteroatoms. The lowest BCUT2D eigenvalue weighted by molar-refractivity contribution is 0.0595. The largest absolute Gasteiger partial charge is 0.464 e. The zero-order valence-electron chi connectivity index (χ0n) is 11.8. The third-order valence-electron chi connectivity index (χ3n) is 3.58. The number of likely N-dealkylation sites (tertiary alicyclic amines) is 1. The van der Waals surface area contributed by atoms with Gasteiger partial charge in [-0.05, 0) is 38.9 Å². The molecule has 1 aromatic heterocycles. The summed E-state index contributed by atoms with van der Waals surface area (Å²) < 4.78 is 4.67. The fourth-order valence-corrected chi connectivity index (χ4v) is 3.12. The van der Waals surface area contributed by atoms with E-state index in [2.05, 4.69) is 26.6 Å². The second-order valence-corrected chi connectivity index (χ2v) is 5.97. The number of esters is 1. The summed E-state index contributed by atoms with van der Waals surface area (Å²) in [6, 6.07) is 0. The summed E-state index contributed by atoms with van der Waals surface area (Å²) in [6.07, 6.45) is 2.46. The standard InChI is InChI=1S/C13H21N3O2S/c1-15-6-4-10(5-7-15)8-16(2)13-14-11(9-19-13)12(17)18-3/h9-10H,4-8H2,1-3H3. The molecule has 1 aliphatic heterocycles. The molecule has 0 radical (unpaired) electrons. The first-order valence-electron chi connectivity index (χ1n) is 6.53. The van der Waals surface area contributed by atoms with Crippen molar-refractivity contribution >= 4 is 22.4 Å². The average molecular weight is 283 g/mol. The summed E-state index contributed by atoms with van der Waals surface area (Å²) in [5, 5.41) is 2.64. The molecule has 0 aromatic carbocycles. The Bertz CT molecular complexity index is 427. The molecule has 0 N–H and O–H groups in total. The highest BCUT2D eigenvalue weighted by Crippen LogP contribution is 2.23. The quantitative estimate of drug-likeness (QED) is 0.787. The molecular formula is C13H21N3O2S. The van der Waals surface area contributed by atoms with Gasteiger partial charge < -0.3 is 14.5 Å². The van der Waals surface area contributed by atoms with Crippen LogP contribution in [0, 0.1) is 5.92 Å². The van der Waals surface area contributed by atoms with Gasteiger partial charge in [0.2, 0.25) is 0 Å². The zero-order chi connectivity index (χ0) is 13.8. The molecule has 1 fully saturated rings. The highest BCUT2D eigenvalue weighted by atomic mass is 32.1. The van der Waals surface area contributed by atoms with Crippen LogP contribution in [-0.2, 0) is 4.74 Å². The molecular weight excluding hydrogens is 262 g/mol. The Kier molecular flexibility index (Phi) is 4.76. The number of thiazole rings is 1. The van der Waals surface area contributed by atoms with E-state index in [0.717, 1.165) is 11.7 Å². The van der Waals surface area contributed by atoms with Gasteiger partial charge in [0.05, 0.1) is 7.11 Å². The van der Waals surface area contributed by atoms with Gasteiger partial charge in [-0.15, -0.1) is 11.3 Å². The number of aromatic nitrogens is 1. The molecule has 0 aliphatic carbocycles. The van der Waals surface area contributed by atoms with Crippen molar-refractivity contribution in [1.82, 2.24) is 9.88 Å². The molecule has 19 heavy (non-hydrogen) atoms. The van der Waals surface area contributed by atoms with Crippen LogP contribution in [0.1, 0.15) is 23.3 Å². The van der Waals surface area contributed by atoms with Gasteiger partial charge in [0.25, 0.3) is 0 Å². The molecule has 0 atom stereocenters. The van der Waals surface area contributed by atoms with E-state index in [4.69, 9.17) is 0 Å². The Morgan fingerprint density at radius 1 is 1.58 bits per heavy atom. The van der Waals surface area contributed by atoms with E-state index in [9.17, 15) is 4.79 Å². The zero-order valence-corrected chi connectivity index (χ0v) is 12.6. The smallest absolute Gasteiger partial charge is 0.357 e. The number of ether oxygens (including phenoxy) is 1. The van der Waals surface area contributed by atoms with Gasteiger partial charge in [-0.1, -0.05) is 0 Å². The summed E-state index contributed by atoms with van der Waals surface area (Å²) in [6.45, 7) is 3.34. The van der Waals surface area contributed by atoms with E-state index >= 15 is 0 Å². The molecule has 2 rings (SSSR count). The molecule has 1 saturated heterocycles. The molecule has 1 aromatic rings. The molecule has 0 amide bonds. The van der Waals surface area contributed by atoms with Gasteiger partial charge in [0.15, 0.2) is 10.8 Å². The number of hydrogen-bond donors (Lipinski definition) is 0. The van der Waals surface area contributed by atoms with Crippen LogP contribution in [0.3, 0.4) is 0 Å². The van der Waals surface area contributed by atoms with E-state index in [0.29, 0.717) is 11.6 Å². The van der Waals surface area contributed by atoms with Crippen molar-refractivity contribution in [1.29, 1.82) is 0 Å². The SMILES string of the molecule is COC(=O)c1csc(N(C)CC2CCN(C)CC2)n1. The van der Waals surface area contributed by atoms with Gasteiger partial charge in [-0.2, -0.15) is 0 Å². The highest BCUT2D eigenvalue weighted by molar-refractivity contribution is 7.13. The van der Waals surface area contributed by atoms with E-state index in [1.807, 2.05) is 7.05 Å². The lowest BCUT2D eigenvalue weighted by atomic mass is 9.97. The van der Waals surface area contributed by atoms with Crippen molar-refractivity contribution in [2.75, 3.05) is 45.7 Å². The maximum atomic E-state index is 11.4. The molecule has 0 spiro atoms. The summed E-state index contributed by atoms with van der Waals surface area (Å²) in [5.74, 6) is 0.349. The molecule has 5 nitrogen and oxygen atoms in total. The number of hydrogen-bond acceptors (Lipinski definition) is 6. The van der Waals surface area contributed by atoms with Crippen LogP contribution < -0.4 is 4.90 Å². The lowest BCUT2D eigenvalue weighted by Gasteiger charge is -2.31. The van der Waals surface area contributed by atoms with Gasteiger partial charge in [0.1, 0.15) is 0 Å². The first kappa shape index (κ1) is 14.3. The van der Waals surface area contributed by atoms with Gasteiger partial charge in [-0.3, -0.25) is 0 Å². The summed E-state index contributed by atoms with van der Waals surface area (Å²) in [4.78, 5) is 20.2. The van der Waals surface area contributed by atoms with Gasteiger partial charge in [0, 0.05) is 19.0 Å². The fraction of sp³-hybridized carbons (Fsp3) is 0.692. The Hall–Kier alpha value is -1.14. The molecule has 0 saturated carbocycles. The number of rotatable bonds is 4. The minimum atomic E-state index is -0.366. The number of nitrogens with zero attached hydrogens (tertiary/aromatic N) is 3. The van der Waals surface area contributed by atoms with Crippen LogP contribution in [0.2, 0.25) is 0 Å². The van der Waals surface area contributed by atoms with E-state index in [1.54, 1.807) is 5.38 Å². The number of anilines is 1. The molecule has 0 unspecified atom stereocenters. The van der Waals surface area contributed by atoms with Crippen LogP contribution >= 0.6 is 11.3 Å². The second-order valence-electron chi connectivity index (χ2n) is 5.13. The van der Waals surface area contributed by atoms with Crippen LogP contribution in [0.15, 0.2) is 5.38 Å². The summed E-state index contributed by atoms with van der Waals surface area (Å²) in [5.41, 5.74) is 0.401. The summed E-state index contributed by atoms with van der Waals surface area (Å²) >= 11 is 1.49. The minimum absolute atomic E-state index is 0.366. The number of methoxy groups -OCH3 is 1. The average Bonchev–Trinajstić information content (AvgIpc) is 2.90. The minimum Gasteiger partial charge on any atom is -0.464 e. The summed E-state index contributed by atoms with van der Waals surface area (Å²) in [7, 11) is 5.59. The monoisotopic (exact) mass is 283 g/mol. The predicted molar refractivity (Wildman–Crippen MR) is 76.9 cm³/mol. The predicted octanol–water partition coefficient (Wildman–Crippen LogP) is 1.71. The van der Waals surface area contributed by atoms with Gasteiger partial charge >= 0.3 is 5.97 Å². The highest BCUT2D eigenvalue weighted by Gasteiger charge is 2.20. The van der Waals surface area contributed by atoms with Crippen molar-refractivity contribution in [2.24, 2.45) is 5.92 Å². The Morgan fingerprint density at radius 2 is 2.26 bits per heavy atom. The topological polar surface area (TPSA) is 45.7 Å². The second kappa shape index (κ2) is 6.34. The van der Waals surface area contributed by atoms with Crippen molar-refractivity contribution in [3.8, 4) is 0 Å². The third-order valence-corrected chi connectivity index (χ3v) is 4.54. The molecule has 0 bridgehead atoms. The van der Waals surface area contributed by atoms with Crippen molar-refractivity contribution in [3.05, 3.63) is 11.1 Å². The normalized spacial score (nSPS) is 17.4. The van der Waals surface area contributed by atoms with E-state index in [-0.39, 0.29) is 5.97 Å². The van der Waals surface area contributed by atoms with Crippen LogP contribution in [0.5, 0.6) is 0 Å². The number of piperidine rings is 1. The first-order valence-corrected chi connectivity index (χ1v) is 7.41. The van der Waals surface area contributed by atoms with Crippen molar-refractivity contribution in [2.45, 2.75) is 12.8 Å². The third kappa shape index (κ3) is 3.67. The Labute approximate surface area is 118 Å². The van der Waals surface area contributed by atoms with E-state index < -0.39 is 0 Å². The number of carbonyl (C=O) groups excluding carboxylic acids is 1. The maximum Gasteiger partial charge on any atom is 0.357 e. The van der Waals surface area contributed by atoms with Crippen LogP contribution in [0.25, 0.3) is 0 Å². The fourth-order valence-electron chi connectivity index (χ4n) is 2.35. The molecule has 2 heterocycles. The maximum absolute atomic E-state index is 11.4. The first-order chi connectivity index (χ1) is 9.10.